The Balaban J connectivity index is 1.49. The van der Waals surface area contributed by atoms with Crippen LogP contribution < -0.4 is 14.8 Å². The number of rotatable bonds is 6. The van der Waals surface area contributed by atoms with Crippen LogP contribution in [0.2, 0.25) is 0 Å². The maximum atomic E-state index is 10.2. The molecule has 2 N–H and O–H groups in total. The van der Waals surface area contributed by atoms with E-state index in [0.29, 0.717) is 25.5 Å². The molecule has 2 aromatic rings. The standard InChI is InChI=1S/C15H19N3O3/c19-13(11-16-5-7-18-6-1-4-17-18)12-2-3-14-15(10-12)21-9-8-20-14/h1-4,6,10,13,16,19H,5,7-9,11H2/t13-/m0/s1. The molecule has 112 valence electrons. The third-order valence-electron chi connectivity index (χ3n) is 3.37. The first-order chi connectivity index (χ1) is 10.3. The number of benzene rings is 1. The summed E-state index contributed by atoms with van der Waals surface area (Å²) in [5.41, 5.74) is 0.825. The summed E-state index contributed by atoms with van der Waals surface area (Å²) in [5, 5.41) is 17.5. The van der Waals surface area contributed by atoms with Crippen LogP contribution in [0.1, 0.15) is 11.7 Å². The quantitative estimate of drug-likeness (QED) is 0.776. The van der Waals surface area contributed by atoms with Crippen LogP contribution in [0.25, 0.3) is 0 Å². The van der Waals surface area contributed by atoms with Crippen LogP contribution in [-0.4, -0.2) is 41.2 Å². The second kappa shape index (κ2) is 6.60. The number of aliphatic hydroxyl groups excluding tert-OH is 1. The van der Waals surface area contributed by atoms with Crippen molar-refractivity contribution in [1.29, 1.82) is 0 Å². The van der Waals surface area contributed by atoms with Crippen molar-refractivity contribution in [3.63, 3.8) is 0 Å². The van der Waals surface area contributed by atoms with Gasteiger partial charge in [-0.15, -0.1) is 0 Å². The van der Waals surface area contributed by atoms with E-state index < -0.39 is 6.10 Å². The van der Waals surface area contributed by atoms with Crippen molar-refractivity contribution >= 4 is 0 Å². The van der Waals surface area contributed by atoms with E-state index in [4.69, 9.17) is 9.47 Å². The molecule has 0 spiro atoms. The van der Waals surface area contributed by atoms with Gasteiger partial charge >= 0.3 is 0 Å². The normalized spacial score (nSPS) is 14.9. The summed E-state index contributed by atoms with van der Waals surface area (Å²) in [6, 6.07) is 7.45. The van der Waals surface area contributed by atoms with Crippen LogP contribution in [-0.2, 0) is 6.54 Å². The Morgan fingerprint density at radius 2 is 2.14 bits per heavy atom. The first-order valence-electron chi connectivity index (χ1n) is 7.09. The van der Waals surface area contributed by atoms with Crippen LogP contribution in [0.3, 0.4) is 0 Å². The minimum Gasteiger partial charge on any atom is -0.486 e. The second-order valence-electron chi connectivity index (χ2n) is 4.89. The lowest BCUT2D eigenvalue weighted by Crippen LogP contribution is -2.25. The average Bonchev–Trinajstić information content (AvgIpc) is 3.04. The maximum Gasteiger partial charge on any atom is 0.161 e. The van der Waals surface area contributed by atoms with Crippen LogP contribution >= 0.6 is 0 Å². The highest BCUT2D eigenvalue weighted by Gasteiger charge is 2.15. The molecule has 1 aromatic carbocycles. The first kappa shape index (κ1) is 13.9. The molecule has 1 aromatic heterocycles. The fourth-order valence-corrected chi connectivity index (χ4v) is 2.25. The molecule has 0 fully saturated rings. The Bertz CT molecular complexity index is 572. The van der Waals surface area contributed by atoms with Gasteiger partial charge in [0, 0.05) is 25.5 Å². The highest BCUT2D eigenvalue weighted by Crippen LogP contribution is 2.32. The van der Waals surface area contributed by atoms with Gasteiger partial charge < -0.3 is 19.9 Å². The van der Waals surface area contributed by atoms with Gasteiger partial charge in [0.1, 0.15) is 13.2 Å². The van der Waals surface area contributed by atoms with E-state index in [2.05, 4.69) is 10.4 Å². The number of hydrogen-bond acceptors (Lipinski definition) is 5. The molecule has 0 bridgehead atoms. The summed E-state index contributed by atoms with van der Waals surface area (Å²) in [5.74, 6) is 1.44. The Kier molecular flexibility index (Phi) is 4.37. The molecule has 6 nitrogen and oxygen atoms in total. The van der Waals surface area contributed by atoms with Crippen molar-refractivity contribution in [1.82, 2.24) is 15.1 Å². The lowest BCUT2D eigenvalue weighted by atomic mass is 10.1. The molecule has 0 saturated heterocycles. The number of nitrogens with one attached hydrogen (secondary N) is 1. The molecule has 6 heteroatoms. The van der Waals surface area contributed by atoms with E-state index in [9.17, 15) is 5.11 Å². The molecule has 3 rings (SSSR count). The molecule has 1 aliphatic rings. The predicted octanol–water partition coefficient (Wildman–Crippen LogP) is 0.977. The number of aliphatic hydroxyl groups is 1. The minimum atomic E-state index is -0.571. The van der Waals surface area contributed by atoms with Gasteiger partial charge in [-0.2, -0.15) is 5.10 Å². The smallest absolute Gasteiger partial charge is 0.161 e. The van der Waals surface area contributed by atoms with E-state index in [1.54, 1.807) is 6.20 Å². The molecule has 0 aliphatic carbocycles. The Hall–Kier alpha value is -2.05. The highest BCUT2D eigenvalue weighted by molar-refractivity contribution is 5.44. The van der Waals surface area contributed by atoms with E-state index in [1.807, 2.05) is 35.1 Å². The van der Waals surface area contributed by atoms with Gasteiger partial charge in [-0.1, -0.05) is 6.07 Å². The van der Waals surface area contributed by atoms with Crippen molar-refractivity contribution in [3.05, 3.63) is 42.2 Å². The third-order valence-corrected chi connectivity index (χ3v) is 3.37. The topological polar surface area (TPSA) is 68.5 Å². The Morgan fingerprint density at radius 3 is 2.95 bits per heavy atom. The summed E-state index contributed by atoms with van der Waals surface area (Å²) >= 11 is 0. The molecule has 1 atom stereocenters. The number of aromatic nitrogens is 2. The zero-order valence-electron chi connectivity index (χ0n) is 11.7. The molecular weight excluding hydrogens is 270 g/mol. The average molecular weight is 289 g/mol. The van der Waals surface area contributed by atoms with E-state index in [1.165, 1.54) is 0 Å². The molecule has 0 saturated carbocycles. The molecule has 21 heavy (non-hydrogen) atoms. The number of fused-ring (bicyclic) bond motifs is 1. The van der Waals surface area contributed by atoms with E-state index >= 15 is 0 Å². The summed E-state index contributed by atoms with van der Waals surface area (Å²) in [6.07, 6.45) is 3.10. The number of nitrogens with zero attached hydrogens (tertiary/aromatic N) is 2. The number of hydrogen-bond donors (Lipinski definition) is 2. The van der Waals surface area contributed by atoms with Gasteiger partial charge in [0.25, 0.3) is 0 Å². The van der Waals surface area contributed by atoms with Gasteiger partial charge in [-0.05, 0) is 23.8 Å². The van der Waals surface area contributed by atoms with Crippen molar-refractivity contribution in [2.24, 2.45) is 0 Å². The van der Waals surface area contributed by atoms with Crippen molar-refractivity contribution in [3.8, 4) is 11.5 Å². The Morgan fingerprint density at radius 1 is 1.29 bits per heavy atom. The molecule has 2 heterocycles. The molecule has 0 amide bonds. The number of ether oxygens (including phenoxy) is 2. The third kappa shape index (κ3) is 3.53. The lowest BCUT2D eigenvalue weighted by molar-refractivity contribution is 0.163. The van der Waals surface area contributed by atoms with E-state index in [0.717, 1.165) is 24.4 Å². The van der Waals surface area contributed by atoms with Crippen LogP contribution in [0, 0.1) is 0 Å². The van der Waals surface area contributed by atoms with Crippen molar-refractivity contribution in [2.75, 3.05) is 26.3 Å². The van der Waals surface area contributed by atoms with Gasteiger partial charge in [-0.25, -0.2) is 0 Å². The molecule has 1 aliphatic heterocycles. The highest BCUT2D eigenvalue weighted by atomic mass is 16.6. The molecule has 0 unspecified atom stereocenters. The second-order valence-corrected chi connectivity index (χ2v) is 4.89. The fraction of sp³-hybridized carbons (Fsp3) is 0.400. The van der Waals surface area contributed by atoms with Gasteiger partial charge in [0.2, 0.25) is 0 Å². The fourth-order valence-electron chi connectivity index (χ4n) is 2.25. The van der Waals surface area contributed by atoms with Gasteiger partial charge in [0.05, 0.1) is 12.6 Å². The molecular formula is C15H19N3O3. The summed E-state index contributed by atoms with van der Waals surface area (Å²) < 4.78 is 12.8. The monoisotopic (exact) mass is 289 g/mol. The largest absolute Gasteiger partial charge is 0.486 e. The first-order valence-corrected chi connectivity index (χ1v) is 7.09. The lowest BCUT2D eigenvalue weighted by Gasteiger charge is -2.20. The van der Waals surface area contributed by atoms with Crippen molar-refractivity contribution < 1.29 is 14.6 Å². The van der Waals surface area contributed by atoms with Crippen LogP contribution in [0.4, 0.5) is 0 Å². The molecule has 0 radical (unpaired) electrons. The Labute approximate surface area is 123 Å². The summed E-state index contributed by atoms with van der Waals surface area (Å²) in [7, 11) is 0. The van der Waals surface area contributed by atoms with Crippen molar-refractivity contribution in [2.45, 2.75) is 12.6 Å². The predicted molar refractivity (Wildman–Crippen MR) is 77.5 cm³/mol. The van der Waals surface area contributed by atoms with E-state index in [-0.39, 0.29) is 0 Å². The summed E-state index contributed by atoms with van der Waals surface area (Å²) in [4.78, 5) is 0. The zero-order chi connectivity index (χ0) is 14.5. The summed E-state index contributed by atoms with van der Waals surface area (Å²) in [6.45, 7) is 3.14. The maximum absolute atomic E-state index is 10.2. The van der Waals surface area contributed by atoms with Crippen LogP contribution in [0.15, 0.2) is 36.7 Å². The van der Waals surface area contributed by atoms with Crippen LogP contribution in [0.5, 0.6) is 11.5 Å². The van der Waals surface area contributed by atoms with Gasteiger partial charge in [-0.3, -0.25) is 4.68 Å². The van der Waals surface area contributed by atoms with Gasteiger partial charge in [0.15, 0.2) is 11.5 Å². The SMILES string of the molecule is O[C@@H](CNCCn1cccn1)c1ccc2c(c1)OCCO2. The zero-order valence-corrected chi connectivity index (χ0v) is 11.7. The minimum absolute atomic E-state index is 0.487.